The molecule has 2 aliphatic heterocycles. The van der Waals surface area contributed by atoms with Crippen LogP contribution >= 0.6 is 0 Å². The van der Waals surface area contributed by atoms with Gasteiger partial charge in [-0.05, 0) is 38.0 Å². The third-order valence-electron chi connectivity index (χ3n) is 5.35. The number of hydrogen-bond acceptors (Lipinski definition) is 3. The van der Waals surface area contributed by atoms with Gasteiger partial charge in [-0.1, -0.05) is 12.8 Å². The van der Waals surface area contributed by atoms with E-state index in [1.165, 1.54) is 32.1 Å². The zero-order valence-electron chi connectivity index (χ0n) is 12.0. The van der Waals surface area contributed by atoms with Crippen molar-refractivity contribution in [3.8, 4) is 0 Å². The maximum atomic E-state index is 12.6. The molecule has 0 aromatic carbocycles. The summed E-state index contributed by atoms with van der Waals surface area (Å²) in [6.45, 7) is 1.19. The average molecular weight is 279 g/mol. The fourth-order valence-electron chi connectivity index (χ4n) is 4.10. The molecule has 0 spiro atoms. The number of nitrogens with two attached hydrogens (primary N) is 1. The number of fused-ring (bicyclic) bond motifs is 1. The molecule has 20 heavy (non-hydrogen) atoms. The fourth-order valence-corrected chi connectivity index (χ4v) is 4.10. The molecule has 5 heteroatoms. The van der Waals surface area contributed by atoms with E-state index in [-0.39, 0.29) is 23.8 Å². The molecule has 3 rings (SSSR count). The molecule has 4 atom stereocenters. The van der Waals surface area contributed by atoms with Gasteiger partial charge in [0, 0.05) is 19.1 Å². The lowest BCUT2D eigenvalue weighted by molar-refractivity contribution is -0.134. The van der Waals surface area contributed by atoms with Gasteiger partial charge in [-0.3, -0.25) is 9.59 Å². The molecule has 0 bridgehead atoms. The van der Waals surface area contributed by atoms with E-state index in [0.717, 1.165) is 18.8 Å². The highest BCUT2D eigenvalue weighted by atomic mass is 16.2. The molecule has 0 radical (unpaired) electrons. The summed E-state index contributed by atoms with van der Waals surface area (Å²) in [6.07, 6.45) is 7.97. The van der Waals surface area contributed by atoms with E-state index in [9.17, 15) is 9.59 Å². The van der Waals surface area contributed by atoms with Gasteiger partial charge in [-0.25, -0.2) is 0 Å². The van der Waals surface area contributed by atoms with E-state index in [1.807, 2.05) is 4.90 Å². The van der Waals surface area contributed by atoms with Crippen LogP contribution in [-0.2, 0) is 9.59 Å². The van der Waals surface area contributed by atoms with Crippen LogP contribution in [0.15, 0.2) is 0 Å². The number of likely N-dealkylation sites (tertiary alicyclic amines) is 1. The van der Waals surface area contributed by atoms with E-state index in [1.54, 1.807) is 0 Å². The maximum absolute atomic E-state index is 12.6. The van der Waals surface area contributed by atoms with Crippen molar-refractivity contribution in [2.45, 2.75) is 57.0 Å². The Kier molecular flexibility index (Phi) is 3.96. The van der Waals surface area contributed by atoms with Gasteiger partial charge < -0.3 is 16.0 Å². The van der Waals surface area contributed by atoms with Gasteiger partial charge in [-0.15, -0.1) is 0 Å². The van der Waals surface area contributed by atoms with Crippen LogP contribution in [0.4, 0.5) is 0 Å². The Morgan fingerprint density at radius 3 is 2.60 bits per heavy atom. The Balaban J connectivity index is 1.57. The molecule has 2 saturated heterocycles. The molecule has 1 aliphatic carbocycles. The summed E-state index contributed by atoms with van der Waals surface area (Å²) in [4.78, 5) is 25.6. The van der Waals surface area contributed by atoms with Crippen LogP contribution in [0.5, 0.6) is 0 Å². The molecule has 3 fully saturated rings. The van der Waals surface area contributed by atoms with Gasteiger partial charge in [0.05, 0.1) is 12.0 Å². The van der Waals surface area contributed by atoms with Crippen LogP contribution in [-0.4, -0.2) is 41.9 Å². The van der Waals surface area contributed by atoms with Gasteiger partial charge in [-0.2, -0.15) is 0 Å². The van der Waals surface area contributed by atoms with E-state index >= 15 is 0 Å². The van der Waals surface area contributed by atoms with Gasteiger partial charge in [0.15, 0.2) is 0 Å². The molecule has 5 nitrogen and oxygen atoms in total. The zero-order chi connectivity index (χ0) is 14.1. The van der Waals surface area contributed by atoms with Crippen LogP contribution in [0, 0.1) is 11.8 Å². The molecule has 0 aromatic rings. The second-order valence-electron chi connectivity index (χ2n) is 6.62. The van der Waals surface area contributed by atoms with Crippen LogP contribution in [0.2, 0.25) is 0 Å². The Morgan fingerprint density at radius 1 is 1.05 bits per heavy atom. The standard InChI is InChI=1S/C15H25N3O2/c16-14(19)11-7-8-18(9-11)15(20)13-6-5-10-3-1-2-4-12(10)17-13/h10-13,17H,1-9H2,(H2,16,19). The maximum Gasteiger partial charge on any atom is 0.239 e. The minimum atomic E-state index is -0.274. The Bertz CT molecular complexity index is 399. The van der Waals surface area contributed by atoms with Crippen LogP contribution < -0.4 is 11.1 Å². The van der Waals surface area contributed by atoms with Gasteiger partial charge in [0.2, 0.25) is 11.8 Å². The van der Waals surface area contributed by atoms with Crippen LogP contribution in [0.3, 0.4) is 0 Å². The molecule has 1 saturated carbocycles. The minimum absolute atomic E-state index is 0.0408. The summed E-state index contributed by atoms with van der Waals surface area (Å²) in [6, 6.07) is 0.488. The van der Waals surface area contributed by atoms with Crippen molar-refractivity contribution >= 4 is 11.8 Å². The number of nitrogens with one attached hydrogen (secondary N) is 1. The van der Waals surface area contributed by atoms with E-state index < -0.39 is 0 Å². The van der Waals surface area contributed by atoms with Crippen molar-refractivity contribution in [3.63, 3.8) is 0 Å². The fraction of sp³-hybridized carbons (Fsp3) is 0.867. The van der Waals surface area contributed by atoms with Crippen LogP contribution in [0.25, 0.3) is 0 Å². The Labute approximate surface area is 120 Å². The summed E-state index contributed by atoms with van der Waals surface area (Å²) in [5.74, 6) is 0.525. The number of primary amides is 1. The van der Waals surface area contributed by atoms with E-state index in [0.29, 0.717) is 19.1 Å². The Hall–Kier alpha value is -1.10. The highest BCUT2D eigenvalue weighted by molar-refractivity contribution is 5.84. The molecular formula is C15H25N3O2. The first-order chi connectivity index (χ1) is 9.65. The summed E-state index contributed by atoms with van der Waals surface area (Å²) in [5.41, 5.74) is 5.33. The smallest absolute Gasteiger partial charge is 0.239 e. The summed E-state index contributed by atoms with van der Waals surface area (Å²) in [7, 11) is 0. The number of carbonyl (C=O) groups is 2. The predicted octanol–water partition coefficient (Wildman–Crippen LogP) is 0.631. The molecule has 3 N–H and O–H groups in total. The molecule has 4 unspecified atom stereocenters. The lowest BCUT2D eigenvalue weighted by Crippen LogP contribution is -2.55. The second-order valence-corrected chi connectivity index (χ2v) is 6.62. The number of rotatable bonds is 2. The monoisotopic (exact) mass is 279 g/mol. The van der Waals surface area contributed by atoms with Gasteiger partial charge in [0.25, 0.3) is 0 Å². The first-order valence-corrected chi connectivity index (χ1v) is 7.99. The van der Waals surface area contributed by atoms with Crippen molar-refractivity contribution < 1.29 is 9.59 Å². The molecular weight excluding hydrogens is 254 g/mol. The van der Waals surface area contributed by atoms with Gasteiger partial charge >= 0.3 is 0 Å². The number of carbonyl (C=O) groups excluding carboxylic acids is 2. The van der Waals surface area contributed by atoms with Crippen LogP contribution in [0.1, 0.15) is 44.9 Å². The normalized spacial score (nSPS) is 37.5. The number of hydrogen-bond donors (Lipinski definition) is 2. The third kappa shape index (κ3) is 2.68. The SMILES string of the molecule is NC(=O)C1CCN(C(=O)C2CCC3CCCCC3N2)C1. The molecule has 112 valence electrons. The predicted molar refractivity (Wildman–Crippen MR) is 75.8 cm³/mol. The second kappa shape index (κ2) is 5.72. The lowest BCUT2D eigenvalue weighted by atomic mass is 9.77. The third-order valence-corrected chi connectivity index (χ3v) is 5.35. The first-order valence-electron chi connectivity index (χ1n) is 7.99. The largest absolute Gasteiger partial charge is 0.369 e. The summed E-state index contributed by atoms with van der Waals surface area (Å²) >= 11 is 0. The zero-order valence-corrected chi connectivity index (χ0v) is 12.0. The molecule has 0 aromatic heterocycles. The quantitative estimate of drug-likeness (QED) is 0.778. The van der Waals surface area contributed by atoms with Gasteiger partial charge in [0.1, 0.15) is 0 Å². The van der Waals surface area contributed by atoms with E-state index in [4.69, 9.17) is 5.73 Å². The number of piperidine rings is 1. The molecule has 2 heterocycles. The first kappa shape index (κ1) is 13.9. The topological polar surface area (TPSA) is 75.4 Å². The Morgan fingerprint density at radius 2 is 1.85 bits per heavy atom. The highest BCUT2D eigenvalue weighted by Gasteiger charge is 2.38. The van der Waals surface area contributed by atoms with Crippen molar-refractivity contribution in [1.29, 1.82) is 0 Å². The minimum Gasteiger partial charge on any atom is -0.369 e. The van der Waals surface area contributed by atoms with Crippen molar-refractivity contribution in [2.24, 2.45) is 17.6 Å². The lowest BCUT2D eigenvalue weighted by Gasteiger charge is -2.40. The molecule has 2 amide bonds. The molecule has 3 aliphatic rings. The van der Waals surface area contributed by atoms with E-state index in [2.05, 4.69) is 5.32 Å². The number of nitrogens with zero attached hydrogens (tertiary/aromatic N) is 1. The van der Waals surface area contributed by atoms with Crippen molar-refractivity contribution in [3.05, 3.63) is 0 Å². The summed E-state index contributed by atoms with van der Waals surface area (Å²) < 4.78 is 0. The average Bonchev–Trinajstić information content (AvgIpc) is 2.96. The summed E-state index contributed by atoms with van der Waals surface area (Å²) in [5, 5.41) is 3.57. The van der Waals surface area contributed by atoms with Crippen molar-refractivity contribution in [1.82, 2.24) is 10.2 Å². The highest BCUT2D eigenvalue weighted by Crippen LogP contribution is 2.33. The number of amides is 2. The van der Waals surface area contributed by atoms with Crippen molar-refractivity contribution in [2.75, 3.05) is 13.1 Å².